The lowest BCUT2D eigenvalue weighted by atomic mass is 9.93. The summed E-state index contributed by atoms with van der Waals surface area (Å²) in [6, 6.07) is 1.76. The number of piperidine rings is 1. The smallest absolute Gasteiger partial charge is 0.288 e. The first-order chi connectivity index (χ1) is 16.7. The van der Waals surface area contributed by atoms with E-state index in [1.165, 1.54) is 12.4 Å². The molecule has 2 aliphatic heterocycles. The zero-order valence-electron chi connectivity index (χ0n) is 19.3. The van der Waals surface area contributed by atoms with Crippen LogP contribution in [-0.4, -0.2) is 53.8 Å². The van der Waals surface area contributed by atoms with Crippen LogP contribution in [0.5, 0.6) is 5.75 Å². The number of ether oxygens (including phenoxy) is 2. The maximum atomic E-state index is 12.7. The number of amides is 1. The number of hydrogen-bond donors (Lipinski definition) is 3. The van der Waals surface area contributed by atoms with E-state index < -0.39 is 0 Å². The molecule has 0 spiro atoms. The van der Waals surface area contributed by atoms with Gasteiger partial charge < -0.3 is 30.3 Å². The molecule has 0 atom stereocenters. The van der Waals surface area contributed by atoms with Crippen LogP contribution in [0.3, 0.4) is 0 Å². The van der Waals surface area contributed by atoms with Crippen molar-refractivity contribution in [3.05, 3.63) is 36.1 Å². The second-order valence-corrected chi connectivity index (χ2v) is 8.71. The molecule has 4 heterocycles. The predicted molar refractivity (Wildman–Crippen MR) is 128 cm³/mol. The first-order valence-corrected chi connectivity index (χ1v) is 11.9. The number of aromatic nitrogens is 3. The van der Waals surface area contributed by atoms with E-state index in [2.05, 4.69) is 35.7 Å². The second-order valence-electron chi connectivity index (χ2n) is 8.71. The molecule has 34 heavy (non-hydrogen) atoms. The SMILES string of the molecule is [C-]#[N+]c1cnc(Nc2cc(OCC3CCOCC3)c(NC(=O)CCC3CCNCC3)cn2)cn1. The number of hydrogen-bond acceptors (Lipinski definition) is 8. The molecule has 2 saturated heterocycles. The molecule has 1 amide bonds. The van der Waals surface area contributed by atoms with Crippen molar-refractivity contribution in [1.82, 2.24) is 20.3 Å². The van der Waals surface area contributed by atoms with Crippen LogP contribution in [0.1, 0.15) is 38.5 Å². The monoisotopic (exact) mass is 465 g/mol. The standard InChI is InChI=1S/C24H31N7O3/c1-25-22-14-29-23(15-28-22)31-21-12-20(34-16-18-6-10-33-11-7-18)19(13-27-21)30-24(32)3-2-17-4-8-26-9-5-17/h12-15,17-18,26H,2-11,16H2,(H,30,32)(H,27,29,31). The minimum absolute atomic E-state index is 0.0300. The van der Waals surface area contributed by atoms with Crippen molar-refractivity contribution < 1.29 is 14.3 Å². The van der Waals surface area contributed by atoms with Crippen molar-refractivity contribution >= 4 is 29.0 Å². The Hall–Kier alpha value is -3.29. The molecule has 180 valence electrons. The minimum atomic E-state index is -0.0300. The van der Waals surface area contributed by atoms with E-state index in [1.54, 1.807) is 12.3 Å². The number of carbonyl (C=O) groups is 1. The van der Waals surface area contributed by atoms with Crippen molar-refractivity contribution in [2.75, 3.05) is 43.5 Å². The summed E-state index contributed by atoms with van der Waals surface area (Å²) in [5.41, 5.74) is 0.558. The molecule has 3 N–H and O–H groups in total. The fourth-order valence-corrected chi connectivity index (χ4v) is 4.13. The molecule has 4 rings (SSSR count). The average Bonchev–Trinajstić information content (AvgIpc) is 2.89. The second kappa shape index (κ2) is 12.3. The Morgan fingerprint density at radius 1 is 1.09 bits per heavy atom. The van der Waals surface area contributed by atoms with E-state index in [-0.39, 0.29) is 11.7 Å². The van der Waals surface area contributed by atoms with E-state index >= 15 is 0 Å². The highest BCUT2D eigenvalue weighted by Gasteiger charge is 2.18. The summed E-state index contributed by atoms with van der Waals surface area (Å²) in [7, 11) is 0. The third-order valence-electron chi connectivity index (χ3n) is 6.20. The molecule has 10 heteroatoms. The van der Waals surface area contributed by atoms with Crippen LogP contribution >= 0.6 is 0 Å². The van der Waals surface area contributed by atoms with Crippen LogP contribution in [0.15, 0.2) is 24.7 Å². The first kappa shape index (κ1) is 23.9. The van der Waals surface area contributed by atoms with Crippen molar-refractivity contribution in [3.8, 4) is 5.75 Å². The number of anilines is 3. The zero-order chi connectivity index (χ0) is 23.6. The molecule has 2 aromatic rings. The summed E-state index contributed by atoms with van der Waals surface area (Å²) in [5, 5.41) is 9.42. The number of carbonyl (C=O) groups excluding carboxylic acids is 1. The largest absolute Gasteiger partial charge is 0.491 e. The van der Waals surface area contributed by atoms with Gasteiger partial charge in [-0.2, -0.15) is 0 Å². The lowest BCUT2D eigenvalue weighted by Gasteiger charge is -2.23. The predicted octanol–water partition coefficient (Wildman–Crippen LogP) is 3.69. The van der Waals surface area contributed by atoms with Crippen LogP contribution in [0, 0.1) is 18.4 Å². The molecule has 2 fully saturated rings. The maximum Gasteiger partial charge on any atom is 0.288 e. The third-order valence-corrected chi connectivity index (χ3v) is 6.20. The van der Waals surface area contributed by atoms with E-state index in [0.29, 0.717) is 47.9 Å². The Kier molecular flexibility index (Phi) is 8.60. The number of pyridine rings is 1. The van der Waals surface area contributed by atoms with Crippen LogP contribution in [0.4, 0.5) is 23.1 Å². The summed E-state index contributed by atoms with van der Waals surface area (Å²) in [6.45, 7) is 11.1. The van der Waals surface area contributed by atoms with Gasteiger partial charge in [-0.15, -0.1) is 4.98 Å². The molecule has 2 aliphatic rings. The quantitative estimate of drug-likeness (QED) is 0.481. The summed E-state index contributed by atoms with van der Waals surface area (Å²) >= 11 is 0. The molecule has 0 unspecified atom stereocenters. The van der Waals surface area contributed by atoms with E-state index in [4.69, 9.17) is 16.0 Å². The van der Waals surface area contributed by atoms with Crippen LogP contribution in [0.25, 0.3) is 4.85 Å². The molecule has 10 nitrogen and oxygen atoms in total. The number of nitrogens with zero attached hydrogens (tertiary/aromatic N) is 4. The summed E-state index contributed by atoms with van der Waals surface area (Å²) < 4.78 is 11.6. The zero-order valence-corrected chi connectivity index (χ0v) is 19.3. The first-order valence-electron chi connectivity index (χ1n) is 11.9. The van der Waals surface area contributed by atoms with Crippen molar-refractivity contribution in [2.45, 2.75) is 38.5 Å². The highest BCUT2D eigenvalue weighted by molar-refractivity contribution is 5.92. The molecule has 0 aromatic carbocycles. The van der Waals surface area contributed by atoms with Gasteiger partial charge in [0.1, 0.15) is 17.3 Å². The molecular weight excluding hydrogens is 434 g/mol. The van der Waals surface area contributed by atoms with Gasteiger partial charge in [-0.1, -0.05) is 6.57 Å². The van der Waals surface area contributed by atoms with Crippen molar-refractivity contribution in [1.29, 1.82) is 0 Å². The van der Waals surface area contributed by atoms with E-state index in [0.717, 1.165) is 58.4 Å². The topological polar surface area (TPSA) is 115 Å². The van der Waals surface area contributed by atoms with Gasteiger partial charge in [-0.3, -0.25) is 4.79 Å². The van der Waals surface area contributed by atoms with Gasteiger partial charge in [-0.25, -0.2) is 9.97 Å². The van der Waals surface area contributed by atoms with Crippen LogP contribution in [-0.2, 0) is 9.53 Å². The Labute approximate surface area is 199 Å². The van der Waals surface area contributed by atoms with Gasteiger partial charge in [0.05, 0.1) is 19.0 Å². The van der Waals surface area contributed by atoms with Gasteiger partial charge in [0.15, 0.2) is 12.0 Å². The lowest BCUT2D eigenvalue weighted by molar-refractivity contribution is -0.116. The average molecular weight is 466 g/mol. The maximum absolute atomic E-state index is 12.7. The Morgan fingerprint density at radius 2 is 1.88 bits per heavy atom. The van der Waals surface area contributed by atoms with Gasteiger partial charge >= 0.3 is 0 Å². The molecule has 0 saturated carbocycles. The van der Waals surface area contributed by atoms with Crippen LogP contribution in [0.2, 0.25) is 0 Å². The molecular formula is C24H31N7O3. The van der Waals surface area contributed by atoms with E-state index in [9.17, 15) is 4.79 Å². The Morgan fingerprint density at radius 3 is 2.62 bits per heavy atom. The van der Waals surface area contributed by atoms with Gasteiger partial charge in [0.25, 0.3) is 5.82 Å². The fourth-order valence-electron chi connectivity index (χ4n) is 4.13. The van der Waals surface area contributed by atoms with Crippen molar-refractivity contribution in [2.24, 2.45) is 11.8 Å². The third kappa shape index (κ3) is 7.10. The van der Waals surface area contributed by atoms with E-state index in [1.807, 2.05) is 0 Å². The van der Waals surface area contributed by atoms with Gasteiger partial charge in [0.2, 0.25) is 5.91 Å². The van der Waals surface area contributed by atoms with Crippen LogP contribution < -0.4 is 20.7 Å². The lowest BCUT2D eigenvalue weighted by Crippen LogP contribution is -2.28. The minimum Gasteiger partial charge on any atom is -0.491 e. The highest BCUT2D eigenvalue weighted by atomic mass is 16.5. The molecule has 2 aromatic heterocycles. The molecule has 0 bridgehead atoms. The Balaban J connectivity index is 1.42. The molecule has 0 radical (unpaired) electrons. The number of nitrogens with one attached hydrogen (secondary N) is 3. The fraction of sp³-hybridized carbons (Fsp3) is 0.542. The summed E-state index contributed by atoms with van der Waals surface area (Å²) in [6.07, 6.45) is 10.00. The normalized spacial score (nSPS) is 17.0. The highest BCUT2D eigenvalue weighted by Crippen LogP contribution is 2.29. The summed E-state index contributed by atoms with van der Waals surface area (Å²) in [5.74, 6) is 2.74. The number of rotatable bonds is 9. The van der Waals surface area contributed by atoms with Crippen molar-refractivity contribution in [3.63, 3.8) is 0 Å². The Bertz CT molecular complexity index is 981. The van der Waals surface area contributed by atoms with Gasteiger partial charge in [0, 0.05) is 25.7 Å². The molecule has 0 aliphatic carbocycles. The van der Waals surface area contributed by atoms with Gasteiger partial charge in [-0.05, 0) is 57.0 Å². The summed E-state index contributed by atoms with van der Waals surface area (Å²) in [4.78, 5) is 28.5.